The van der Waals surface area contributed by atoms with E-state index in [4.69, 9.17) is 9.84 Å². The molecule has 0 unspecified atom stereocenters. The lowest BCUT2D eigenvalue weighted by molar-refractivity contribution is -0.137. The molecular weight excluding hydrogens is 338 g/mol. The number of aliphatic carboxylic acids is 1. The van der Waals surface area contributed by atoms with E-state index < -0.39 is 12.1 Å². The minimum absolute atomic E-state index is 0.145. The highest BCUT2D eigenvalue weighted by Crippen LogP contribution is 2.22. The van der Waals surface area contributed by atoms with E-state index in [1.54, 1.807) is 6.07 Å². The second-order valence-electron chi connectivity index (χ2n) is 4.82. The van der Waals surface area contributed by atoms with Crippen molar-refractivity contribution in [3.63, 3.8) is 0 Å². The normalized spacial score (nSPS) is 10.7. The van der Waals surface area contributed by atoms with E-state index >= 15 is 0 Å². The Morgan fingerprint density at radius 2 is 2.09 bits per heavy atom. The molecule has 1 amide bonds. The molecular formula is C14H17N3O4S2. The molecule has 2 heterocycles. The van der Waals surface area contributed by atoms with Crippen molar-refractivity contribution >= 4 is 46.4 Å². The van der Waals surface area contributed by atoms with Gasteiger partial charge in [-0.25, -0.2) is 14.8 Å². The van der Waals surface area contributed by atoms with Crippen LogP contribution in [-0.4, -0.2) is 33.7 Å². The number of hydrogen-bond acceptors (Lipinski definition) is 7. The molecule has 0 aliphatic rings. The minimum Gasteiger partial charge on any atom is -0.481 e. The van der Waals surface area contributed by atoms with Crippen LogP contribution in [-0.2, 0) is 16.1 Å². The number of unbranched alkanes of at least 4 members (excludes halogenated alkanes) is 2. The average Bonchev–Trinajstić information content (AvgIpc) is 2.87. The fraction of sp³-hybridized carbons (Fsp3) is 0.429. The zero-order valence-electron chi connectivity index (χ0n) is 12.3. The summed E-state index contributed by atoms with van der Waals surface area (Å²) in [6, 6.07) is 3.63. The Labute approximate surface area is 142 Å². The van der Waals surface area contributed by atoms with Gasteiger partial charge in [0.15, 0.2) is 0 Å². The number of pyridine rings is 1. The number of carbonyl (C=O) groups excluding carboxylic acids is 1. The Balaban J connectivity index is 1.66. The van der Waals surface area contributed by atoms with Gasteiger partial charge in [-0.2, -0.15) is 0 Å². The Bertz CT molecular complexity index is 690. The molecule has 7 nitrogen and oxygen atoms in total. The van der Waals surface area contributed by atoms with Crippen molar-refractivity contribution < 1.29 is 19.4 Å². The molecule has 0 saturated carbocycles. The number of aromatic nitrogens is 2. The fourth-order valence-corrected chi connectivity index (χ4v) is 2.94. The van der Waals surface area contributed by atoms with Gasteiger partial charge in [0, 0.05) is 6.42 Å². The Kier molecular flexibility index (Phi) is 6.60. The number of carbonyl (C=O) groups is 2. The molecule has 23 heavy (non-hydrogen) atoms. The van der Waals surface area contributed by atoms with Crippen molar-refractivity contribution in [2.24, 2.45) is 0 Å². The maximum absolute atomic E-state index is 11.5. The van der Waals surface area contributed by atoms with E-state index in [2.05, 4.69) is 27.9 Å². The van der Waals surface area contributed by atoms with Crippen LogP contribution in [0, 0.1) is 0 Å². The molecule has 2 rings (SSSR count). The zero-order chi connectivity index (χ0) is 16.7. The van der Waals surface area contributed by atoms with Gasteiger partial charge in [0.05, 0.1) is 18.8 Å². The van der Waals surface area contributed by atoms with Gasteiger partial charge < -0.3 is 15.2 Å². The fourth-order valence-electron chi connectivity index (χ4n) is 1.88. The predicted molar refractivity (Wildman–Crippen MR) is 89.0 cm³/mol. The second-order valence-corrected chi connectivity index (χ2v) is 6.52. The van der Waals surface area contributed by atoms with Gasteiger partial charge in [0.1, 0.15) is 14.7 Å². The van der Waals surface area contributed by atoms with Crippen molar-refractivity contribution in [2.45, 2.75) is 36.6 Å². The Hall–Kier alpha value is -1.87. The summed E-state index contributed by atoms with van der Waals surface area (Å²) in [5, 5.41) is 11.1. The van der Waals surface area contributed by atoms with Crippen LogP contribution in [0.25, 0.3) is 10.3 Å². The van der Waals surface area contributed by atoms with E-state index in [1.165, 1.54) is 11.3 Å². The van der Waals surface area contributed by atoms with Crippen molar-refractivity contribution in [3.8, 4) is 0 Å². The molecule has 0 aromatic carbocycles. The number of rotatable bonds is 8. The number of carboxylic acid groups (broad SMARTS) is 1. The molecule has 2 N–H and O–H groups in total. The first-order chi connectivity index (χ1) is 11.0. The third-order valence-electron chi connectivity index (χ3n) is 2.98. The zero-order valence-corrected chi connectivity index (χ0v) is 14.0. The number of alkyl carbamates (subject to hydrolysis) is 1. The lowest BCUT2D eigenvalue weighted by Gasteiger charge is -2.06. The molecule has 2 aromatic heterocycles. The van der Waals surface area contributed by atoms with E-state index in [-0.39, 0.29) is 19.6 Å². The SMILES string of the molecule is O=C(O)CCCCCOC(=O)NCc1ccc2nc(S)sc2n1. The minimum atomic E-state index is -0.806. The van der Waals surface area contributed by atoms with Crippen LogP contribution in [0.2, 0.25) is 0 Å². The number of carboxylic acids is 1. The average molecular weight is 355 g/mol. The number of hydrogen-bond donors (Lipinski definition) is 3. The number of ether oxygens (including phenoxy) is 1. The number of nitrogens with one attached hydrogen (secondary N) is 1. The van der Waals surface area contributed by atoms with Crippen LogP contribution < -0.4 is 5.32 Å². The molecule has 9 heteroatoms. The monoisotopic (exact) mass is 355 g/mol. The summed E-state index contributed by atoms with van der Waals surface area (Å²) >= 11 is 5.56. The highest BCUT2D eigenvalue weighted by atomic mass is 32.2. The maximum Gasteiger partial charge on any atom is 0.407 e. The molecule has 0 radical (unpaired) electrons. The van der Waals surface area contributed by atoms with Crippen LogP contribution in [0.15, 0.2) is 16.5 Å². The number of amides is 1. The summed E-state index contributed by atoms with van der Waals surface area (Å²) in [6.45, 7) is 0.545. The van der Waals surface area contributed by atoms with Gasteiger partial charge >= 0.3 is 12.1 Å². The Morgan fingerprint density at radius 3 is 2.87 bits per heavy atom. The van der Waals surface area contributed by atoms with Crippen molar-refractivity contribution in [2.75, 3.05) is 6.61 Å². The molecule has 0 spiro atoms. The number of nitrogens with zero attached hydrogens (tertiary/aromatic N) is 2. The lowest BCUT2D eigenvalue weighted by Crippen LogP contribution is -2.24. The molecule has 2 aromatic rings. The Morgan fingerprint density at radius 1 is 1.26 bits per heavy atom. The molecule has 0 aliphatic heterocycles. The van der Waals surface area contributed by atoms with Crippen LogP contribution >= 0.6 is 24.0 Å². The highest BCUT2D eigenvalue weighted by Gasteiger charge is 2.06. The van der Waals surface area contributed by atoms with E-state index in [1.807, 2.05) is 6.07 Å². The van der Waals surface area contributed by atoms with Crippen LogP contribution in [0.4, 0.5) is 4.79 Å². The molecule has 0 aliphatic carbocycles. The van der Waals surface area contributed by atoms with Gasteiger partial charge in [-0.15, -0.1) is 12.6 Å². The van der Waals surface area contributed by atoms with E-state index in [9.17, 15) is 9.59 Å². The molecule has 124 valence electrons. The third kappa shape index (κ3) is 6.03. The van der Waals surface area contributed by atoms with Gasteiger partial charge in [0.2, 0.25) is 0 Å². The molecule has 0 bridgehead atoms. The van der Waals surface area contributed by atoms with Gasteiger partial charge in [-0.1, -0.05) is 11.3 Å². The highest BCUT2D eigenvalue weighted by molar-refractivity contribution is 7.82. The van der Waals surface area contributed by atoms with Gasteiger partial charge in [-0.05, 0) is 31.4 Å². The lowest BCUT2D eigenvalue weighted by atomic mass is 10.2. The smallest absolute Gasteiger partial charge is 0.407 e. The second kappa shape index (κ2) is 8.68. The summed E-state index contributed by atoms with van der Waals surface area (Å²) in [6.07, 6.45) is 1.59. The standard InChI is InChI=1S/C14H17N3O4S2/c18-11(19)4-2-1-3-7-21-13(20)15-8-9-5-6-10-12(16-9)23-14(22)17-10/h5-6H,1-4,7-8H2,(H,15,20)(H,17,22)(H,18,19). The van der Waals surface area contributed by atoms with Crippen molar-refractivity contribution in [1.29, 1.82) is 0 Å². The summed E-state index contributed by atoms with van der Waals surface area (Å²) in [7, 11) is 0. The predicted octanol–water partition coefficient (Wildman–Crippen LogP) is 2.85. The topological polar surface area (TPSA) is 101 Å². The van der Waals surface area contributed by atoms with Gasteiger partial charge in [0.25, 0.3) is 0 Å². The first kappa shape index (κ1) is 17.5. The number of thiol groups is 1. The van der Waals surface area contributed by atoms with Crippen LogP contribution in [0.5, 0.6) is 0 Å². The quantitative estimate of drug-likeness (QED) is 0.497. The molecule has 0 saturated heterocycles. The van der Waals surface area contributed by atoms with Crippen LogP contribution in [0.1, 0.15) is 31.4 Å². The van der Waals surface area contributed by atoms with E-state index in [0.717, 1.165) is 16.8 Å². The summed E-state index contributed by atoms with van der Waals surface area (Å²) in [5.74, 6) is -0.806. The number of thiazole rings is 1. The molecule has 0 fully saturated rings. The third-order valence-corrected chi connectivity index (χ3v) is 4.13. The largest absolute Gasteiger partial charge is 0.481 e. The number of fused-ring (bicyclic) bond motifs is 1. The first-order valence-corrected chi connectivity index (χ1v) is 8.39. The van der Waals surface area contributed by atoms with E-state index in [0.29, 0.717) is 22.9 Å². The van der Waals surface area contributed by atoms with Gasteiger partial charge in [-0.3, -0.25) is 4.79 Å². The summed E-state index contributed by atoms with van der Waals surface area (Å²) in [5.41, 5.74) is 1.50. The van der Waals surface area contributed by atoms with Crippen molar-refractivity contribution in [3.05, 3.63) is 17.8 Å². The maximum atomic E-state index is 11.5. The van der Waals surface area contributed by atoms with Crippen LogP contribution in [0.3, 0.4) is 0 Å². The van der Waals surface area contributed by atoms with Crippen molar-refractivity contribution in [1.82, 2.24) is 15.3 Å². The first-order valence-electron chi connectivity index (χ1n) is 7.12. The molecule has 0 atom stereocenters. The summed E-state index contributed by atoms with van der Waals surface area (Å²) < 4.78 is 5.67. The summed E-state index contributed by atoms with van der Waals surface area (Å²) in [4.78, 5) is 31.2.